The summed E-state index contributed by atoms with van der Waals surface area (Å²) in [5, 5.41) is 5.63. The van der Waals surface area contributed by atoms with Crippen molar-refractivity contribution in [1.82, 2.24) is 4.98 Å². The summed E-state index contributed by atoms with van der Waals surface area (Å²) < 4.78 is 19.0. The van der Waals surface area contributed by atoms with Gasteiger partial charge in [0.1, 0.15) is 17.4 Å². The molecule has 5 nitrogen and oxygen atoms in total. The Hall–Kier alpha value is -2.89. The molecule has 0 saturated carbocycles. The summed E-state index contributed by atoms with van der Waals surface area (Å²) in [4.78, 5) is 16.4. The average molecular weight is 313 g/mol. The van der Waals surface area contributed by atoms with E-state index in [9.17, 15) is 9.18 Å². The van der Waals surface area contributed by atoms with E-state index in [1.807, 2.05) is 0 Å². The van der Waals surface area contributed by atoms with Crippen molar-refractivity contribution in [3.63, 3.8) is 0 Å². The van der Waals surface area contributed by atoms with E-state index in [-0.39, 0.29) is 11.6 Å². The zero-order valence-electron chi connectivity index (χ0n) is 12.8. The number of carbonyl (C=O) groups is 1. The molecule has 118 valence electrons. The number of halogens is 1. The van der Waals surface area contributed by atoms with E-state index in [4.69, 9.17) is 4.42 Å². The maximum absolute atomic E-state index is 13.6. The number of amides is 1. The van der Waals surface area contributed by atoms with Gasteiger partial charge in [0.05, 0.1) is 5.69 Å². The lowest BCUT2D eigenvalue weighted by Gasteiger charge is -2.15. The minimum Gasteiger partial charge on any atom is -0.441 e. The molecule has 1 amide bonds. The minimum atomic E-state index is -0.542. The number of anilines is 2. The highest BCUT2D eigenvalue weighted by Crippen LogP contribution is 2.20. The van der Waals surface area contributed by atoms with Crippen LogP contribution in [-0.2, 0) is 4.79 Å². The summed E-state index contributed by atoms with van der Waals surface area (Å²) in [7, 11) is 0. The topological polar surface area (TPSA) is 67.2 Å². The Kier molecular flexibility index (Phi) is 3.97. The molecular formula is C17H16FN3O2. The molecule has 0 aliphatic rings. The Morgan fingerprint density at radius 2 is 2.04 bits per heavy atom. The number of nitrogens with one attached hydrogen (secondary N) is 2. The lowest BCUT2D eigenvalue weighted by atomic mass is 10.2. The first-order valence-corrected chi connectivity index (χ1v) is 7.22. The number of benzene rings is 2. The van der Waals surface area contributed by atoms with E-state index in [1.165, 1.54) is 12.1 Å². The van der Waals surface area contributed by atoms with Gasteiger partial charge < -0.3 is 15.1 Å². The van der Waals surface area contributed by atoms with Gasteiger partial charge in [-0.3, -0.25) is 4.79 Å². The van der Waals surface area contributed by atoms with Gasteiger partial charge in [0.25, 0.3) is 0 Å². The third kappa shape index (κ3) is 3.31. The number of carbonyl (C=O) groups excluding carboxylic acids is 1. The maximum atomic E-state index is 13.6. The first-order valence-electron chi connectivity index (χ1n) is 7.22. The number of hydrogen-bond acceptors (Lipinski definition) is 4. The molecule has 1 heterocycles. The molecule has 0 bridgehead atoms. The van der Waals surface area contributed by atoms with Gasteiger partial charge in [-0.1, -0.05) is 12.1 Å². The Balaban J connectivity index is 1.70. The van der Waals surface area contributed by atoms with Crippen molar-refractivity contribution in [1.29, 1.82) is 0 Å². The lowest BCUT2D eigenvalue weighted by Crippen LogP contribution is -2.32. The maximum Gasteiger partial charge on any atom is 0.246 e. The molecule has 0 aliphatic heterocycles. The van der Waals surface area contributed by atoms with Crippen molar-refractivity contribution >= 4 is 28.4 Å². The molecule has 3 aromatic rings. The Morgan fingerprint density at radius 1 is 1.26 bits per heavy atom. The fourth-order valence-electron chi connectivity index (χ4n) is 2.25. The minimum absolute atomic E-state index is 0.161. The smallest absolute Gasteiger partial charge is 0.246 e. The molecular weight excluding hydrogens is 297 g/mol. The zero-order chi connectivity index (χ0) is 16.4. The van der Waals surface area contributed by atoms with Gasteiger partial charge in [-0.15, -0.1) is 0 Å². The van der Waals surface area contributed by atoms with Crippen LogP contribution < -0.4 is 10.6 Å². The van der Waals surface area contributed by atoms with Crippen molar-refractivity contribution in [2.75, 3.05) is 10.6 Å². The van der Waals surface area contributed by atoms with Gasteiger partial charge in [-0.25, -0.2) is 9.37 Å². The second-order valence-corrected chi connectivity index (χ2v) is 5.25. The highest BCUT2D eigenvalue weighted by molar-refractivity contribution is 5.96. The van der Waals surface area contributed by atoms with E-state index < -0.39 is 11.9 Å². The van der Waals surface area contributed by atoms with Gasteiger partial charge in [-0.05, 0) is 37.3 Å². The van der Waals surface area contributed by atoms with Gasteiger partial charge in [-0.2, -0.15) is 0 Å². The van der Waals surface area contributed by atoms with E-state index in [1.54, 1.807) is 44.2 Å². The summed E-state index contributed by atoms with van der Waals surface area (Å²) in [6.07, 6.45) is 0. The number of aryl methyl sites for hydroxylation is 1. The molecule has 2 aromatic carbocycles. The predicted octanol–water partition coefficient (Wildman–Crippen LogP) is 3.71. The molecule has 0 fully saturated rings. The molecule has 0 unspecified atom stereocenters. The summed E-state index contributed by atoms with van der Waals surface area (Å²) in [6, 6.07) is 10.9. The first kappa shape index (κ1) is 15.0. The molecule has 1 aromatic heterocycles. The number of fused-ring (bicyclic) bond motifs is 1. The van der Waals surface area contributed by atoms with E-state index in [0.29, 0.717) is 17.0 Å². The quantitative estimate of drug-likeness (QED) is 0.770. The summed E-state index contributed by atoms with van der Waals surface area (Å²) >= 11 is 0. The molecule has 3 rings (SSSR count). The average Bonchev–Trinajstić information content (AvgIpc) is 2.88. The van der Waals surface area contributed by atoms with E-state index in [2.05, 4.69) is 15.6 Å². The summed E-state index contributed by atoms with van der Waals surface area (Å²) in [5.41, 5.74) is 2.31. The SMILES string of the molecule is Cc1nc2cc(N[C@H](C)C(=O)Nc3ccccc3F)ccc2o1. The van der Waals surface area contributed by atoms with Crippen molar-refractivity contribution in [3.8, 4) is 0 Å². The van der Waals surface area contributed by atoms with Crippen LogP contribution in [0.1, 0.15) is 12.8 Å². The molecule has 23 heavy (non-hydrogen) atoms. The third-order valence-electron chi connectivity index (χ3n) is 3.40. The predicted molar refractivity (Wildman–Crippen MR) is 86.9 cm³/mol. The van der Waals surface area contributed by atoms with Crippen LogP contribution in [0.25, 0.3) is 11.1 Å². The van der Waals surface area contributed by atoms with Crippen LogP contribution in [0.15, 0.2) is 46.9 Å². The number of nitrogens with zero attached hydrogens (tertiary/aromatic N) is 1. The van der Waals surface area contributed by atoms with Crippen LogP contribution in [0.2, 0.25) is 0 Å². The van der Waals surface area contributed by atoms with Gasteiger partial charge in [0.2, 0.25) is 5.91 Å². The number of para-hydroxylation sites is 1. The van der Waals surface area contributed by atoms with Crippen LogP contribution >= 0.6 is 0 Å². The van der Waals surface area contributed by atoms with Crippen molar-refractivity contribution in [2.45, 2.75) is 19.9 Å². The lowest BCUT2D eigenvalue weighted by molar-refractivity contribution is -0.116. The highest BCUT2D eigenvalue weighted by Gasteiger charge is 2.15. The zero-order valence-corrected chi connectivity index (χ0v) is 12.8. The molecule has 2 N–H and O–H groups in total. The van der Waals surface area contributed by atoms with Gasteiger partial charge in [0, 0.05) is 12.6 Å². The van der Waals surface area contributed by atoms with E-state index in [0.717, 1.165) is 5.69 Å². The van der Waals surface area contributed by atoms with Crippen molar-refractivity contribution in [2.24, 2.45) is 0 Å². The van der Waals surface area contributed by atoms with Crippen molar-refractivity contribution < 1.29 is 13.6 Å². The standard InChI is InChI=1S/C17H16FN3O2/c1-10(17(22)21-14-6-4-3-5-13(14)18)19-12-7-8-16-15(9-12)20-11(2)23-16/h3-10,19H,1-2H3,(H,21,22)/t10-/m1/s1. The molecule has 0 saturated heterocycles. The number of rotatable bonds is 4. The van der Waals surface area contributed by atoms with Crippen LogP contribution in [0.3, 0.4) is 0 Å². The fourth-order valence-corrected chi connectivity index (χ4v) is 2.25. The highest BCUT2D eigenvalue weighted by atomic mass is 19.1. The first-order chi connectivity index (χ1) is 11.0. The third-order valence-corrected chi connectivity index (χ3v) is 3.40. The Bertz CT molecular complexity index is 860. The van der Waals surface area contributed by atoms with Crippen molar-refractivity contribution in [3.05, 3.63) is 54.2 Å². The Labute approximate surface area is 132 Å². The monoisotopic (exact) mass is 313 g/mol. The summed E-state index contributed by atoms with van der Waals surface area (Å²) in [5.74, 6) is -0.207. The normalized spacial score (nSPS) is 12.1. The molecule has 0 radical (unpaired) electrons. The number of hydrogen-bond donors (Lipinski definition) is 2. The Morgan fingerprint density at radius 3 is 2.83 bits per heavy atom. The van der Waals surface area contributed by atoms with Crippen LogP contribution in [0.5, 0.6) is 0 Å². The van der Waals surface area contributed by atoms with Crippen LogP contribution in [0.4, 0.5) is 15.8 Å². The second kappa shape index (κ2) is 6.08. The van der Waals surface area contributed by atoms with E-state index >= 15 is 0 Å². The van der Waals surface area contributed by atoms with Crippen LogP contribution in [-0.4, -0.2) is 16.9 Å². The fraction of sp³-hybridized carbons (Fsp3) is 0.176. The molecule has 1 atom stereocenters. The van der Waals surface area contributed by atoms with Gasteiger partial charge in [0.15, 0.2) is 11.5 Å². The molecule has 6 heteroatoms. The largest absolute Gasteiger partial charge is 0.441 e. The number of oxazole rings is 1. The molecule has 0 aliphatic carbocycles. The summed E-state index contributed by atoms with van der Waals surface area (Å²) in [6.45, 7) is 3.48. The number of aromatic nitrogens is 1. The second-order valence-electron chi connectivity index (χ2n) is 5.25. The van der Waals surface area contributed by atoms with Gasteiger partial charge >= 0.3 is 0 Å². The van der Waals surface area contributed by atoms with Crippen LogP contribution in [0, 0.1) is 12.7 Å². The molecule has 0 spiro atoms.